The molecule has 2 rings (SSSR count). The van der Waals surface area contributed by atoms with Crippen molar-refractivity contribution in [2.24, 2.45) is 0 Å². The van der Waals surface area contributed by atoms with Crippen molar-refractivity contribution in [2.45, 2.75) is 13.5 Å². The van der Waals surface area contributed by atoms with Crippen molar-refractivity contribution in [3.63, 3.8) is 0 Å². The lowest BCUT2D eigenvalue weighted by molar-refractivity contribution is 0.0752. The van der Waals surface area contributed by atoms with Gasteiger partial charge in [0.05, 0.1) is 11.8 Å². The second-order valence-corrected chi connectivity index (χ2v) is 4.84. The third-order valence-electron chi connectivity index (χ3n) is 2.78. The maximum Gasteiger partial charge on any atom is 0.259 e. The van der Waals surface area contributed by atoms with E-state index in [1.807, 2.05) is 25.1 Å². The molecule has 0 saturated carbocycles. The van der Waals surface area contributed by atoms with Crippen LogP contribution in [0.4, 0.5) is 0 Å². The van der Waals surface area contributed by atoms with Crippen molar-refractivity contribution >= 4 is 29.1 Å². The van der Waals surface area contributed by atoms with E-state index in [1.165, 1.54) is 6.26 Å². The summed E-state index contributed by atoms with van der Waals surface area (Å²) in [5, 5.41) is 0.775. The summed E-state index contributed by atoms with van der Waals surface area (Å²) in [6, 6.07) is 9.01. The largest absolute Gasteiger partial charge is 0.452 e. The molecule has 2 aromatic rings. The van der Waals surface area contributed by atoms with Gasteiger partial charge in [0.15, 0.2) is 0 Å². The highest BCUT2D eigenvalue weighted by molar-refractivity contribution is 6.32. The molecule has 5 heteroatoms. The third-order valence-corrected chi connectivity index (χ3v) is 3.31. The standard InChI is InChI=1S/C14H13Cl2NO2/c1-2-17(9-10-4-3-5-11(15)8-10)14(18)12-6-7-19-13(12)16/h3-8H,2,9H2,1H3. The van der Waals surface area contributed by atoms with Gasteiger partial charge in [-0.2, -0.15) is 0 Å². The van der Waals surface area contributed by atoms with E-state index < -0.39 is 0 Å². The molecule has 1 aromatic heterocycles. The number of rotatable bonds is 4. The van der Waals surface area contributed by atoms with Crippen LogP contribution >= 0.6 is 23.2 Å². The molecule has 100 valence electrons. The molecule has 19 heavy (non-hydrogen) atoms. The topological polar surface area (TPSA) is 33.5 Å². The lowest BCUT2D eigenvalue weighted by Gasteiger charge is -2.20. The van der Waals surface area contributed by atoms with Crippen molar-refractivity contribution in [1.29, 1.82) is 0 Å². The zero-order valence-corrected chi connectivity index (χ0v) is 11.9. The van der Waals surface area contributed by atoms with Crippen molar-refractivity contribution in [1.82, 2.24) is 4.90 Å². The van der Waals surface area contributed by atoms with E-state index in [9.17, 15) is 4.79 Å². The summed E-state index contributed by atoms with van der Waals surface area (Å²) in [6.07, 6.45) is 1.41. The Kier molecular flexibility index (Phi) is 4.51. The maximum atomic E-state index is 12.3. The van der Waals surface area contributed by atoms with Crippen LogP contribution < -0.4 is 0 Å². The predicted octanol–water partition coefficient (Wildman–Crippen LogP) is 4.25. The van der Waals surface area contributed by atoms with Crippen LogP contribution in [0.25, 0.3) is 0 Å². The van der Waals surface area contributed by atoms with E-state index in [-0.39, 0.29) is 11.1 Å². The Balaban J connectivity index is 2.17. The van der Waals surface area contributed by atoms with Gasteiger partial charge in [0, 0.05) is 18.1 Å². The zero-order valence-electron chi connectivity index (χ0n) is 10.4. The Morgan fingerprint density at radius 2 is 2.11 bits per heavy atom. The van der Waals surface area contributed by atoms with E-state index in [1.54, 1.807) is 17.0 Å². The van der Waals surface area contributed by atoms with Gasteiger partial charge in [-0.25, -0.2) is 0 Å². The summed E-state index contributed by atoms with van der Waals surface area (Å²) in [6.45, 7) is 2.97. The van der Waals surface area contributed by atoms with Gasteiger partial charge in [-0.3, -0.25) is 4.79 Å². The van der Waals surface area contributed by atoms with Crippen molar-refractivity contribution in [2.75, 3.05) is 6.54 Å². The van der Waals surface area contributed by atoms with Gasteiger partial charge < -0.3 is 9.32 Å². The second kappa shape index (κ2) is 6.13. The Labute approximate surface area is 121 Å². The minimum Gasteiger partial charge on any atom is -0.452 e. The predicted molar refractivity (Wildman–Crippen MR) is 75.6 cm³/mol. The summed E-state index contributed by atoms with van der Waals surface area (Å²) < 4.78 is 4.95. The van der Waals surface area contributed by atoms with Crippen molar-refractivity contribution < 1.29 is 9.21 Å². The second-order valence-electron chi connectivity index (χ2n) is 4.06. The molecule has 1 aromatic carbocycles. The van der Waals surface area contributed by atoms with Crippen LogP contribution in [0.15, 0.2) is 41.0 Å². The van der Waals surface area contributed by atoms with Gasteiger partial charge in [-0.15, -0.1) is 0 Å². The minimum atomic E-state index is -0.152. The average Bonchev–Trinajstić information content (AvgIpc) is 2.81. The van der Waals surface area contributed by atoms with Gasteiger partial charge in [0.2, 0.25) is 5.22 Å². The molecule has 0 aliphatic heterocycles. The number of amides is 1. The summed E-state index contributed by atoms with van der Waals surface area (Å²) in [5.74, 6) is -0.152. The summed E-state index contributed by atoms with van der Waals surface area (Å²) in [4.78, 5) is 14.0. The Morgan fingerprint density at radius 1 is 1.32 bits per heavy atom. The van der Waals surface area contributed by atoms with E-state index in [0.717, 1.165) is 5.56 Å². The molecule has 0 atom stereocenters. The molecule has 1 heterocycles. The number of carbonyl (C=O) groups excluding carboxylic acids is 1. The van der Waals surface area contributed by atoms with E-state index in [0.29, 0.717) is 23.7 Å². The number of carbonyl (C=O) groups is 1. The molecule has 0 fully saturated rings. The number of nitrogens with zero attached hydrogens (tertiary/aromatic N) is 1. The molecule has 0 spiro atoms. The summed E-state index contributed by atoms with van der Waals surface area (Å²) in [5.41, 5.74) is 1.35. The molecular formula is C14H13Cl2NO2. The highest BCUT2D eigenvalue weighted by atomic mass is 35.5. The first-order valence-corrected chi connectivity index (χ1v) is 6.64. The number of hydrogen-bond donors (Lipinski definition) is 0. The average molecular weight is 298 g/mol. The van der Waals surface area contributed by atoms with Gasteiger partial charge in [0.1, 0.15) is 0 Å². The van der Waals surface area contributed by atoms with E-state index in [2.05, 4.69) is 0 Å². The molecule has 3 nitrogen and oxygen atoms in total. The van der Waals surface area contributed by atoms with Crippen molar-refractivity contribution in [3.05, 3.63) is 58.0 Å². The van der Waals surface area contributed by atoms with E-state index in [4.69, 9.17) is 27.6 Å². The van der Waals surface area contributed by atoms with Gasteiger partial charge in [-0.05, 0) is 42.3 Å². The third kappa shape index (κ3) is 3.31. The fourth-order valence-electron chi connectivity index (χ4n) is 1.80. The maximum absolute atomic E-state index is 12.3. The first-order chi connectivity index (χ1) is 9.11. The number of halogens is 2. The molecule has 1 amide bonds. The first kappa shape index (κ1) is 14.0. The minimum absolute atomic E-state index is 0.120. The highest BCUT2D eigenvalue weighted by Crippen LogP contribution is 2.20. The van der Waals surface area contributed by atoms with Gasteiger partial charge >= 0.3 is 0 Å². The summed E-state index contributed by atoms with van der Waals surface area (Å²) in [7, 11) is 0. The lowest BCUT2D eigenvalue weighted by atomic mass is 10.2. The molecular weight excluding hydrogens is 285 g/mol. The fraction of sp³-hybridized carbons (Fsp3) is 0.214. The van der Waals surface area contributed by atoms with E-state index >= 15 is 0 Å². The van der Waals surface area contributed by atoms with Crippen molar-refractivity contribution in [3.8, 4) is 0 Å². The number of benzene rings is 1. The molecule has 0 aliphatic rings. The number of furan rings is 1. The van der Waals surface area contributed by atoms with Crippen LogP contribution in [0.2, 0.25) is 10.2 Å². The van der Waals surface area contributed by atoms with Crippen LogP contribution in [-0.2, 0) is 6.54 Å². The monoisotopic (exact) mass is 297 g/mol. The smallest absolute Gasteiger partial charge is 0.259 e. The van der Waals surface area contributed by atoms with Crippen LogP contribution in [0.1, 0.15) is 22.8 Å². The zero-order chi connectivity index (χ0) is 13.8. The molecule has 0 N–H and O–H groups in total. The van der Waals surface area contributed by atoms with Crippen LogP contribution in [0, 0.1) is 0 Å². The lowest BCUT2D eigenvalue weighted by Crippen LogP contribution is -2.30. The molecule has 0 saturated heterocycles. The Hall–Kier alpha value is -1.45. The van der Waals surface area contributed by atoms with Gasteiger partial charge in [0.25, 0.3) is 5.91 Å². The number of hydrogen-bond acceptors (Lipinski definition) is 2. The van der Waals surface area contributed by atoms with Crippen LogP contribution in [0.5, 0.6) is 0 Å². The fourth-order valence-corrected chi connectivity index (χ4v) is 2.21. The van der Waals surface area contributed by atoms with Crippen LogP contribution in [0.3, 0.4) is 0 Å². The quantitative estimate of drug-likeness (QED) is 0.845. The Morgan fingerprint density at radius 3 is 2.68 bits per heavy atom. The molecule has 0 radical (unpaired) electrons. The Bertz CT molecular complexity index is 580. The van der Waals surface area contributed by atoms with Gasteiger partial charge in [-0.1, -0.05) is 23.7 Å². The summed E-state index contributed by atoms with van der Waals surface area (Å²) >= 11 is 11.8. The van der Waals surface area contributed by atoms with Crippen LogP contribution in [-0.4, -0.2) is 17.4 Å². The molecule has 0 aliphatic carbocycles. The first-order valence-electron chi connectivity index (χ1n) is 5.88. The molecule has 0 unspecified atom stereocenters. The SMILES string of the molecule is CCN(Cc1cccc(Cl)c1)C(=O)c1ccoc1Cl. The highest BCUT2D eigenvalue weighted by Gasteiger charge is 2.19. The molecule has 0 bridgehead atoms. The normalized spacial score (nSPS) is 10.5.